The van der Waals surface area contributed by atoms with Crippen LogP contribution in [-0.4, -0.2) is 33.9 Å². The molecule has 1 fully saturated rings. The number of nitrogens with zero attached hydrogens (tertiary/aromatic N) is 2. The number of carbonyl (C=O) groups excluding carboxylic acids is 2. The van der Waals surface area contributed by atoms with Gasteiger partial charge in [-0.05, 0) is 51.8 Å². The first-order valence-electron chi connectivity index (χ1n) is 10.1. The predicted octanol–water partition coefficient (Wildman–Crippen LogP) is 4.96. The van der Waals surface area contributed by atoms with Crippen molar-refractivity contribution in [3.05, 3.63) is 94.0 Å². The van der Waals surface area contributed by atoms with Gasteiger partial charge in [0.05, 0.1) is 34.2 Å². The summed E-state index contributed by atoms with van der Waals surface area (Å²) >= 11 is 3.40. The van der Waals surface area contributed by atoms with Crippen molar-refractivity contribution < 1.29 is 19.4 Å². The first-order valence-corrected chi connectivity index (χ1v) is 10.9. The van der Waals surface area contributed by atoms with E-state index in [1.54, 1.807) is 18.2 Å². The number of ether oxygens (including phenoxy) is 1. The van der Waals surface area contributed by atoms with Gasteiger partial charge in [-0.2, -0.15) is 0 Å². The zero-order valence-corrected chi connectivity index (χ0v) is 19.0. The molecule has 164 valence electrons. The second-order valence-electron chi connectivity index (χ2n) is 7.51. The van der Waals surface area contributed by atoms with Crippen LogP contribution in [0.2, 0.25) is 0 Å². The highest BCUT2D eigenvalue weighted by Gasteiger charge is 2.48. The number of carbonyl (C=O) groups is 2. The van der Waals surface area contributed by atoms with E-state index in [-0.39, 0.29) is 17.3 Å². The summed E-state index contributed by atoms with van der Waals surface area (Å²) in [7, 11) is 1.54. The second-order valence-corrected chi connectivity index (χ2v) is 8.36. The molecule has 0 spiro atoms. The quantitative estimate of drug-likeness (QED) is 0.233. The van der Waals surface area contributed by atoms with Gasteiger partial charge >= 0.3 is 5.91 Å². The molecule has 8 heteroatoms. The molecule has 0 saturated carbocycles. The molecule has 0 aliphatic carbocycles. The molecule has 1 saturated heterocycles. The summed E-state index contributed by atoms with van der Waals surface area (Å²) in [6, 6.07) is 20.6. The number of rotatable bonds is 4. The van der Waals surface area contributed by atoms with Gasteiger partial charge in [0, 0.05) is 5.56 Å². The zero-order chi connectivity index (χ0) is 23.1. The van der Waals surface area contributed by atoms with Crippen LogP contribution in [-0.2, 0) is 9.59 Å². The molecule has 1 unspecified atom stereocenters. The Morgan fingerprint density at radius 3 is 2.48 bits per heavy atom. The molecule has 33 heavy (non-hydrogen) atoms. The summed E-state index contributed by atoms with van der Waals surface area (Å²) in [5.74, 6) is -1.01. The fraction of sp³-hybridized carbons (Fsp3) is 0.0800. The molecule has 5 rings (SSSR count). The fourth-order valence-corrected chi connectivity index (χ4v) is 4.56. The van der Waals surface area contributed by atoms with Gasteiger partial charge in [-0.15, -0.1) is 0 Å². The smallest absolute Gasteiger partial charge is 0.302 e. The van der Waals surface area contributed by atoms with Crippen molar-refractivity contribution in [3.8, 4) is 5.75 Å². The molecule has 3 aromatic carbocycles. The molecule has 0 bridgehead atoms. The number of imidazole rings is 1. The number of aliphatic hydroxyl groups excluding tert-OH is 1. The first kappa shape index (κ1) is 21.0. The van der Waals surface area contributed by atoms with Gasteiger partial charge in [-0.1, -0.05) is 42.5 Å². The Kier molecular flexibility index (Phi) is 5.22. The van der Waals surface area contributed by atoms with Crippen LogP contribution >= 0.6 is 15.9 Å². The van der Waals surface area contributed by atoms with Gasteiger partial charge in [0.2, 0.25) is 5.95 Å². The van der Waals surface area contributed by atoms with Gasteiger partial charge < -0.3 is 14.8 Å². The van der Waals surface area contributed by atoms with E-state index in [1.165, 1.54) is 12.0 Å². The predicted molar refractivity (Wildman–Crippen MR) is 128 cm³/mol. The summed E-state index contributed by atoms with van der Waals surface area (Å²) in [4.78, 5) is 35.4. The number of H-pyrrole nitrogens is 1. The summed E-state index contributed by atoms with van der Waals surface area (Å²) in [6.07, 6.45) is 0. The molecule has 1 atom stereocenters. The summed E-state index contributed by atoms with van der Waals surface area (Å²) in [5, 5.41) is 11.2. The van der Waals surface area contributed by atoms with Crippen molar-refractivity contribution in [2.45, 2.75) is 6.04 Å². The number of halogens is 1. The van der Waals surface area contributed by atoms with Gasteiger partial charge in [0.25, 0.3) is 5.78 Å². The molecule has 1 aromatic heterocycles. The number of hydrogen-bond donors (Lipinski definition) is 2. The van der Waals surface area contributed by atoms with Crippen LogP contribution in [0, 0.1) is 0 Å². The SMILES string of the molecule is COc1ccc(/C(O)=C2\C(=O)C(=O)N(c3nc4ccccc4[nH]3)C2c2ccccc2)cc1Br. The lowest BCUT2D eigenvalue weighted by Gasteiger charge is -2.23. The van der Waals surface area contributed by atoms with Crippen molar-refractivity contribution in [2.75, 3.05) is 12.0 Å². The molecule has 1 aliphatic rings. The minimum Gasteiger partial charge on any atom is -0.507 e. The summed E-state index contributed by atoms with van der Waals surface area (Å²) in [5.41, 5.74) is 2.45. The highest BCUT2D eigenvalue weighted by atomic mass is 79.9. The van der Waals surface area contributed by atoms with Gasteiger partial charge in [0.15, 0.2) is 0 Å². The number of anilines is 1. The van der Waals surface area contributed by atoms with Crippen LogP contribution in [0.15, 0.2) is 82.8 Å². The summed E-state index contributed by atoms with van der Waals surface area (Å²) in [6.45, 7) is 0. The van der Waals surface area contributed by atoms with Crippen LogP contribution in [0.5, 0.6) is 5.75 Å². The number of aromatic amines is 1. The zero-order valence-electron chi connectivity index (χ0n) is 17.4. The minimum absolute atomic E-state index is 0.0104. The van der Waals surface area contributed by atoms with Crippen molar-refractivity contribution in [3.63, 3.8) is 0 Å². The number of Topliss-reactive ketones (excluding diaryl/α,β-unsaturated/α-hetero) is 1. The molecule has 4 aromatic rings. The van der Waals surface area contributed by atoms with Gasteiger partial charge in [-0.3, -0.25) is 14.5 Å². The highest BCUT2D eigenvalue weighted by Crippen LogP contribution is 2.42. The molecule has 7 nitrogen and oxygen atoms in total. The summed E-state index contributed by atoms with van der Waals surface area (Å²) < 4.78 is 5.86. The van der Waals surface area contributed by atoms with Crippen molar-refractivity contribution in [1.82, 2.24) is 9.97 Å². The number of ketones is 1. The van der Waals surface area contributed by atoms with Crippen molar-refractivity contribution in [1.29, 1.82) is 0 Å². The van der Waals surface area contributed by atoms with E-state index in [0.29, 0.717) is 26.9 Å². The standard InChI is InChI=1S/C25H18BrN3O4/c1-33-19-12-11-15(13-16(19)26)22(30)20-21(14-7-3-2-4-8-14)29(24(32)23(20)31)25-27-17-9-5-6-10-18(17)28-25/h2-13,21,30H,1H3,(H,27,28)/b22-20+. The maximum atomic E-state index is 13.2. The number of methoxy groups -OCH3 is 1. The van der Waals surface area contributed by atoms with E-state index >= 15 is 0 Å². The minimum atomic E-state index is -0.854. The Labute approximate surface area is 197 Å². The van der Waals surface area contributed by atoms with Gasteiger partial charge in [0.1, 0.15) is 11.5 Å². The number of aliphatic hydroxyl groups is 1. The third kappa shape index (κ3) is 3.48. The van der Waals surface area contributed by atoms with Crippen LogP contribution < -0.4 is 9.64 Å². The molecular formula is C25H18BrN3O4. The number of amides is 1. The van der Waals surface area contributed by atoms with E-state index in [0.717, 1.165) is 5.52 Å². The number of fused-ring (bicyclic) bond motifs is 1. The van der Waals surface area contributed by atoms with Gasteiger partial charge in [-0.25, -0.2) is 4.98 Å². The van der Waals surface area contributed by atoms with E-state index < -0.39 is 17.7 Å². The number of hydrogen-bond acceptors (Lipinski definition) is 5. The Bertz CT molecular complexity index is 1400. The number of nitrogens with one attached hydrogen (secondary N) is 1. The monoisotopic (exact) mass is 503 g/mol. The lowest BCUT2D eigenvalue weighted by atomic mass is 9.95. The van der Waals surface area contributed by atoms with E-state index in [1.807, 2.05) is 54.6 Å². The van der Waals surface area contributed by atoms with Crippen LogP contribution in [0.25, 0.3) is 16.8 Å². The third-order valence-electron chi connectivity index (χ3n) is 5.59. The maximum absolute atomic E-state index is 13.2. The van der Waals surface area contributed by atoms with E-state index in [9.17, 15) is 14.7 Å². The Hall–Kier alpha value is -3.91. The molecule has 2 N–H and O–H groups in total. The van der Waals surface area contributed by atoms with E-state index in [2.05, 4.69) is 25.9 Å². The first-order chi connectivity index (χ1) is 16.0. The van der Waals surface area contributed by atoms with E-state index in [4.69, 9.17) is 4.74 Å². The molecular weight excluding hydrogens is 486 g/mol. The maximum Gasteiger partial charge on any atom is 0.302 e. The third-order valence-corrected chi connectivity index (χ3v) is 6.21. The number of benzene rings is 3. The Morgan fingerprint density at radius 2 is 1.79 bits per heavy atom. The van der Waals surface area contributed by atoms with Crippen LogP contribution in [0.4, 0.5) is 5.95 Å². The van der Waals surface area contributed by atoms with Crippen molar-refractivity contribution >= 4 is 50.4 Å². The lowest BCUT2D eigenvalue weighted by molar-refractivity contribution is -0.132. The van der Waals surface area contributed by atoms with Crippen LogP contribution in [0.1, 0.15) is 17.2 Å². The Morgan fingerprint density at radius 1 is 1.06 bits per heavy atom. The fourth-order valence-electron chi connectivity index (χ4n) is 4.02. The molecule has 0 radical (unpaired) electrons. The largest absolute Gasteiger partial charge is 0.507 e. The molecule has 1 amide bonds. The topological polar surface area (TPSA) is 95.5 Å². The number of para-hydroxylation sites is 2. The normalized spacial score (nSPS) is 17.6. The molecule has 1 aliphatic heterocycles. The molecule has 2 heterocycles. The Balaban J connectivity index is 1.72. The lowest BCUT2D eigenvalue weighted by Crippen LogP contribution is -2.30. The number of aromatic nitrogens is 2. The van der Waals surface area contributed by atoms with Crippen molar-refractivity contribution in [2.24, 2.45) is 0 Å². The average molecular weight is 504 g/mol. The average Bonchev–Trinajstić information content (AvgIpc) is 3.37. The van der Waals surface area contributed by atoms with Crippen LogP contribution in [0.3, 0.4) is 0 Å². The second kappa shape index (κ2) is 8.22. The highest BCUT2D eigenvalue weighted by molar-refractivity contribution is 9.10.